The molecule has 2 heterocycles. The van der Waals surface area contributed by atoms with Gasteiger partial charge in [-0.15, -0.1) is 11.8 Å². The van der Waals surface area contributed by atoms with Crippen molar-refractivity contribution in [3.63, 3.8) is 0 Å². The van der Waals surface area contributed by atoms with Gasteiger partial charge in [0.2, 0.25) is 5.91 Å². The van der Waals surface area contributed by atoms with E-state index in [1.807, 2.05) is 11.8 Å². The number of hydroxylamine groups is 1. The van der Waals surface area contributed by atoms with E-state index >= 15 is 0 Å². The number of benzene rings is 1. The predicted molar refractivity (Wildman–Crippen MR) is 106 cm³/mol. The molecule has 0 radical (unpaired) electrons. The molecule has 5 unspecified atom stereocenters. The van der Waals surface area contributed by atoms with Crippen LogP contribution in [-0.2, 0) is 14.3 Å². The number of amides is 1. The van der Waals surface area contributed by atoms with Crippen LogP contribution in [0.1, 0.15) is 45.4 Å². The molecule has 1 aromatic rings. The minimum atomic E-state index is -0.334. The van der Waals surface area contributed by atoms with Gasteiger partial charge in [0.05, 0.1) is 24.9 Å². The van der Waals surface area contributed by atoms with E-state index in [1.165, 1.54) is 17.7 Å². The Balaban J connectivity index is 1.40. The number of hydrogen-bond donors (Lipinski definition) is 2. The third kappa shape index (κ3) is 5.95. The van der Waals surface area contributed by atoms with Crippen molar-refractivity contribution in [2.75, 3.05) is 12.4 Å². The SMILES string of the molecule is CC(CCCC(=O)NO)OCC1C2CCC(O2)C1CCSc1ccccc1. The Hall–Kier alpha value is -1.08. The summed E-state index contributed by atoms with van der Waals surface area (Å²) in [5.41, 5.74) is 1.67. The summed E-state index contributed by atoms with van der Waals surface area (Å²) in [6, 6.07) is 10.6. The summed E-state index contributed by atoms with van der Waals surface area (Å²) in [5.74, 6) is 1.86. The van der Waals surface area contributed by atoms with Crippen LogP contribution in [0.3, 0.4) is 0 Å². The highest BCUT2D eigenvalue weighted by atomic mass is 32.2. The van der Waals surface area contributed by atoms with Crippen LogP contribution < -0.4 is 5.48 Å². The molecule has 0 saturated carbocycles. The first-order chi connectivity index (χ1) is 13.2. The van der Waals surface area contributed by atoms with E-state index < -0.39 is 0 Å². The summed E-state index contributed by atoms with van der Waals surface area (Å²) in [7, 11) is 0. The number of carbonyl (C=O) groups excluding carboxylic acids is 1. The smallest absolute Gasteiger partial charge is 0.243 e. The molecule has 2 N–H and O–H groups in total. The second-order valence-corrected chi connectivity index (χ2v) is 8.81. The number of carbonyl (C=O) groups is 1. The van der Waals surface area contributed by atoms with Gasteiger partial charge in [0.15, 0.2) is 0 Å². The Kier molecular flexibility index (Phi) is 8.00. The number of hydrogen-bond acceptors (Lipinski definition) is 5. The fraction of sp³-hybridized carbons (Fsp3) is 0.667. The highest BCUT2D eigenvalue weighted by molar-refractivity contribution is 7.99. The Morgan fingerprint density at radius 1 is 1.30 bits per heavy atom. The molecule has 150 valence electrons. The normalized spacial score (nSPS) is 27.6. The van der Waals surface area contributed by atoms with Crippen molar-refractivity contribution >= 4 is 17.7 Å². The zero-order valence-corrected chi connectivity index (χ0v) is 16.8. The van der Waals surface area contributed by atoms with Crippen molar-refractivity contribution in [3.8, 4) is 0 Å². The topological polar surface area (TPSA) is 67.8 Å². The van der Waals surface area contributed by atoms with Gasteiger partial charge in [-0.05, 0) is 62.8 Å². The summed E-state index contributed by atoms with van der Waals surface area (Å²) in [4.78, 5) is 12.4. The molecule has 1 aromatic carbocycles. The maximum absolute atomic E-state index is 11.1. The molecule has 6 heteroatoms. The van der Waals surface area contributed by atoms with Crippen molar-refractivity contribution < 1.29 is 19.5 Å². The summed E-state index contributed by atoms with van der Waals surface area (Å²) in [5, 5.41) is 8.53. The summed E-state index contributed by atoms with van der Waals surface area (Å²) < 4.78 is 12.3. The third-order valence-corrected chi connectivity index (χ3v) is 6.81. The highest BCUT2D eigenvalue weighted by Gasteiger charge is 2.48. The second kappa shape index (κ2) is 10.5. The molecule has 2 saturated heterocycles. The zero-order valence-electron chi connectivity index (χ0n) is 16.0. The Bertz CT molecular complexity index is 585. The number of thioether (sulfide) groups is 1. The van der Waals surface area contributed by atoms with Crippen molar-refractivity contribution in [2.24, 2.45) is 11.8 Å². The molecule has 27 heavy (non-hydrogen) atoms. The van der Waals surface area contributed by atoms with Crippen LogP contribution >= 0.6 is 11.8 Å². The number of ether oxygens (including phenoxy) is 2. The monoisotopic (exact) mass is 393 g/mol. The zero-order chi connectivity index (χ0) is 19.1. The van der Waals surface area contributed by atoms with Crippen LogP contribution in [0.5, 0.6) is 0 Å². The lowest BCUT2D eigenvalue weighted by Crippen LogP contribution is -2.32. The average Bonchev–Trinajstić information content (AvgIpc) is 3.29. The van der Waals surface area contributed by atoms with Crippen molar-refractivity contribution in [1.29, 1.82) is 0 Å². The first kappa shape index (κ1) is 20.6. The van der Waals surface area contributed by atoms with Crippen LogP contribution in [0.15, 0.2) is 35.2 Å². The molecule has 2 aliphatic heterocycles. The van der Waals surface area contributed by atoms with Gasteiger partial charge in [-0.1, -0.05) is 18.2 Å². The largest absolute Gasteiger partial charge is 0.378 e. The highest BCUT2D eigenvalue weighted by Crippen LogP contribution is 2.45. The molecule has 0 aromatic heterocycles. The molecule has 0 aliphatic carbocycles. The Morgan fingerprint density at radius 3 is 2.78 bits per heavy atom. The van der Waals surface area contributed by atoms with Crippen LogP contribution in [0.4, 0.5) is 0 Å². The molecule has 1 amide bonds. The van der Waals surface area contributed by atoms with Gasteiger partial charge in [-0.3, -0.25) is 10.0 Å². The predicted octanol–water partition coefficient (Wildman–Crippen LogP) is 4.04. The standard InChI is InChI=1S/C21H31NO4S/c1-15(6-5-9-21(23)22-24)25-14-18-17(19-10-11-20(18)26-19)12-13-27-16-7-3-2-4-8-16/h2-4,7-8,15,17-20,24H,5-6,9-14H2,1H3,(H,22,23). The minimum Gasteiger partial charge on any atom is -0.378 e. The van der Waals surface area contributed by atoms with Gasteiger partial charge in [0, 0.05) is 17.2 Å². The quantitative estimate of drug-likeness (QED) is 0.337. The van der Waals surface area contributed by atoms with Gasteiger partial charge < -0.3 is 9.47 Å². The molecule has 0 spiro atoms. The van der Waals surface area contributed by atoms with E-state index in [9.17, 15) is 4.79 Å². The molecule has 2 fully saturated rings. The van der Waals surface area contributed by atoms with E-state index in [0.717, 1.165) is 31.6 Å². The lowest BCUT2D eigenvalue weighted by atomic mass is 9.78. The number of rotatable bonds is 11. The fourth-order valence-electron chi connectivity index (χ4n) is 4.30. The van der Waals surface area contributed by atoms with Gasteiger partial charge in [0.1, 0.15) is 0 Å². The van der Waals surface area contributed by atoms with E-state index in [-0.39, 0.29) is 12.0 Å². The van der Waals surface area contributed by atoms with Crippen LogP contribution in [0.2, 0.25) is 0 Å². The second-order valence-electron chi connectivity index (χ2n) is 7.64. The fourth-order valence-corrected chi connectivity index (χ4v) is 5.27. The number of nitrogens with one attached hydrogen (secondary N) is 1. The molecular formula is C21H31NO4S. The molecule has 3 rings (SSSR count). The Morgan fingerprint density at radius 2 is 2.04 bits per heavy atom. The third-order valence-electron chi connectivity index (χ3n) is 5.77. The van der Waals surface area contributed by atoms with Gasteiger partial charge >= 0.3 is 0 Å². The lowest BCUT2D eigenvalue weighted by Gasteiger charge is -2.29. The van der Waals surface area contributed by atoms with Gasteiger partial charge in [-0.25, -0.2) is 5.48 Å². The van der Waals surface area contributed by atoms with E-state index in [0.29, 0.717) is 30.5 Å². The first-order valence-corrected chi connectivity index (χ1v) is 11.0. The molecule has 2 bridgehead atoms. The van der Waals surface area contributed by atoms with Gasteiger partial charge in [0.25, 0.3) is 0 Å². The van der Waals surface area contributed by atoms with Crippen LogP contribution in [-0.4, -0.2) is 41.8 Å². The summed E-state index contributed by atoms with van der Waals surface area (Å²) >= 11 is 1.92. The molecule has 5 atom stereocenters. The van der Waals surface area contributed by atoms with Gasteiger partial charge in [-0.2, -0.15) is 0 Å². The van der Waals surface area contributed by atoms with Crippen LogP contribution in [0, 0.1) is 11.8 Å². The van der Waals surface area contributed by atoms with E-state index in [4.69, 9.17) is 14.7 Å². The maximum Gasteiger partial charge on any atom is 0.243 e. The number of fused-ring (bicyclic) bond motifs is 2. The van der Waals surface area contributed by atoms with Crippen LogP contribution in [0.25, 0.3) is 0 Å². The maximum atomic E-state index is 11.1. The molecule has 2 aliphatic rings. The lowest BCUT2D eigenvalue weighted by molar-refractivity contribution is -0.129. The molecular weight excluding hydrogens is 362 g/mol. The minimum absolute atomic E-state index is 0.120. The Labute approximate surface area is 166 Å². The summed E-state index contributed by atoms with van der Waals surface area (Å²) in [6.45, 7) is 2.81. The van der Waals surface area contributed by atoms with E-state index in [2.05, 4.69) is 37.3 Å². The molecule has 5 nitrogen and oxygen atoms in total. The average molecular weight is 394 g/mol. The van der Waals surface area contributed by atoms with Crippen molar-refractivity contribution in [1.82, 2.24) is 5.48 Å². The van der Waals surface area contributed by atoms with Crippen molar-refractivity contribution in [3.05, 3.63) is 30.3 Å². The first-order valence-electron chi connectivity index (χ1n) is 10.0. The summed E-state index contributed by atoms with van der Waals surface area (Å²) in [6.07, 6.45) is 6.27. The van der Waals surface area contributed by atoms with Crippen molar-refractivity contribution in [2.45, 2.75) is 68.7 Å². The van der Waals surface area contributed by atoms with E-state index in [1.54, 1.807) is 5.48 Å².